The van der Waals surface area contributed by atoms with Gasteiger partial charge in [0.25, 0.3) is 0 Å². The molecule has 1 aromatic carbocycles. The van der Waals surface area contributed by atoms with Crippen molar-refractivity contribution in [3.8, 4) is 0 Å². The molecule has 0 aliphatic carbocycles. The van der Waals surface area contributed by atoms with Crippen LogP contribution in [0.1, 0.15) is 23.6 Å². The van der Waals surface area contributed by atoms with E-state index < -0.39 is 0 Å². The molecule has 4 heteroatoms. The number of benzene rings is 1. The number of hydrogen-bond donors (Lipinski definition) is 1. The normalized spacial score (nSPS) is 18.9. The Bertz CT molecular complexity index is 538. The summed E-state index contributed by atoms with van der Waals surface area (Å²) in [7, 11) is 0. The number of fused-ring (bicyclic) bond motifs is 1. The van der Waals surface area contributed by atoms with E-state index in [0.717, 1.165) is 32.5 Å². The van der Waals surface area contributed by atoms with Gasteiger partial charge in [-0.3, -0.25) is 4.90 Å². The van der Waals surface area contributed by atoms with Gasteiger partial charge in [0.05, 0.1) is 19.0 Å². The summed E-state index contributed by atoms with van der Waals surface area (Å²) in [6.45, 7) is 3.22. The van der Waals surface area contributed by atoms with E-state index >= 15 is 0 Å². The van der Waals surface area contributed by atoms with Crippen LogP contribution in [0.2, 0.25) is 0 Å². The van der Waals surface area contributed by atoms with Crippen LogP contribution in [0.15, 0.2) is 43.0 Å². The topological polar surface area (TPSA) is 41.3 Å². The number of aromatic nitrogens is 2. The summed E-state index contributed by atoms with van der Waals surface area (Å²) in [4.78, 5) is 6.46. The first-order valence-electron chi connectivity index (χ1n) is 7.27. The summed E-state index contributed by atoms with van der Waals surface area (Å²) in [5.41, 5.74) is 2.68. The first kappa shape index (κ1) is 13.3. The molecule has 0 spiro atoms. The van der Waals surface area contributed by atoms with Crippen LogP contribution >= 0.6 is 0 Å². The van der Waals surface area contributed by atoms with Gasteiger partial charge in [0, 0.05) is 32.0 Å². The minimum atomic E-state index is 0.155. The lowest BCUT2D eigenvalue weighted by atomic mass is 9.93. The summed E-state index contributed by atoms with van der Waals surface area (Å²) in [5, 5.41) is 9.73. The Hall–Kier alpha value is -1.65. The Kier molecular flexibility index (Phi) is 4.14. The number of hydrogen-bond acceptors (Lipinski definition) is 3. The Labute approximate surface area is 119 Å². The van der Waals surface area contributed by atoms with Gasteiger partial charge in [-0.1, -0.05) is 24.3 Å². The lowest BCUT2D eigenvalue weighted by molar-refractivity contribution is 0.112. The summed E-state index contributed by atoms with van der Waals surface area (Å²) < 4.78 is 2.10. The maximum Gasteiger partial charge on any atom is 0.0945 e. The van der Waals surface area contributed by atoms with E-state index in [1.165, 1.54) is 11.1 Å². The summed E-state index contributed by atoms with van der Waals surface area (Å²) in [6, 6.07) is 8.64. The molecule has 3 rings (SSSR count). The van der Waals surface area contributed by atoms with E-state index in [2.05, 4.69) is 38.7 Å². The van der Waals surface area contributed by atoms with Crippen LogP contribution in [0.5, 0.6) is 0 Å². The minimum absolute atomic E-state index is 0.155. The molecule has 0 radical (unpaired) electrons. The highest BCUT2D eigenvalue weighted by Gasteiger charge is 2.25. The second-order valence-electron chi connectivity index (χ2n) is 5.34. The van der Waals surface area contributed by atoms with E-state index in [9.17, 15) is 5.11 Å². The van der Waals surface area contributed by atoms with Crippen molar-refractivity contribution < 1.29 is 5.11 Å². The van der Waals surface area contributed by atoms with Crippen molar-refractivity contribution in [2.45, 2.75) is 25.4 Å². The SMILES string of the molecule is OCC1c2ccccc2CCN1CCCn1ccnc1. The third-order valence-corrected chi connectivity index (χ3v) is 4.12. The highest BCUT2D eigenvalue weighted by atomic mass is 16.3. The van der Waals surface area contributed by atoms with Gasteiger partial charge < -0.3 is 9.67 Å². The smallest absolute Gasteiger partial charge is 0.0945 e. The van der Waals surface area contributed by atoms with Gasteiger partial charge in [-0.15, -0.1) is 0 Å². The molecule has 1 atom stereocenters. The molecular formula is C16H21N3O. The van der Waals surface area contributed by atoms with Crippen LogP contribution in [0.3, 0.4) is 0 Å². The zero-order valence-corrected chi connectivity index (χ0v) is 11.7. The fourth-order valence-corrected chi connectivity index (χ4v) is 3.06. The molecule has 4 nitrogen and oxygen atoms in total. The average Bonchev–Trinajstić information content (AvgIpc) is 3.00. The number of aliphatic hydroxyl groups excluding tert-OH is 1. The Morgan fingerprint density at radius 2 is 2.15 bits per heavy atom. The van der Waals surface area contributed by atoms with Gasteiger partial charge in [0.2, 0.25) is 0 Å². The molecule has 106 valence electrons. The van der Waals surface area contributed by atoms with Crippen molar-refractivity contribution in [3.63, 3.8) is 0 Å². The van der Waals surface area contributed by atoms with Crippen LogP contribution in [0.25, 0.3) is 0 Å². The lowest BCUT2D eigenvalue weighted by Crippen LogP contribution is -2.38. The third-order valence-electron chi connectivity index (χ3n) is 4.12. The summed E-state index contributed by atoms with van der Waals surface area (Å²) in [6.07, 6.45) is 7.82. The fourth-order valence-electron chi connectivity index (χ4n) is 3.06. The zero-order chi connectivity index (χ0) is 13.8. The monoisotopic (exact) mass is 271 g/mol. The lowest BCUT2D eigenvalue weighted by Gasteiger charge is -2.36. The number of rotatable bonds is 5. The van der Waals surface area contributed by atoms with Gasteiger partial charge in [-0.05, 0) is 24.0 Å². The Morgan fingerprint density at radius 1 is 1.25 bits per heavy atom. The summed E-state index contributed by atoms with van der Waals surface area (Å²) >= 11 is 0. The molecule has 2 heterocycles. The van der Waals surface area contributed by atoms with Gasteiger partial charge in [0.15, 0.2) is 0 Å². The second-order valence-corrected chi connectivity index (χ2v) is 5.34. The second kappa shape index (κ2) is 6.20. The van der Waals surface area contributed by atoms with Gasteiger partial charge in [-0.25, -0.2) is 4.98 Å². The van der Waals surface area contributed by atoms with Gasteiger partial charge in [-0.2, -0.15) is 0 Å². The molecule has 1 unspecified atom stereocenters. The quantitative estimate of drug-likeness (QED) is 0.902. The molecule has 20 heavy (non-hydrogen) atoms. The molecule has 1 aliphatic heterocycles. The van der Waals surface area contributed by atoms with Crippen LogP contribution in [0, 0.1) is 0 Å². The van der Waals surface area contributed by atoms with E-state index in [1.807, 2.05) is 18.7 Å². The van der Waals surface area contributed by atoms with Crippen LogP contribution < -0.4 is 0 Å². The molecule has 0 saturated heterocycles. The summed E-state index contributed by atoms with van der Waals surface area (Å²) in [5.74, 6) is 0. The largest absolute Gasteiger partial charge is 0.394 e. The molecule has 0 bridgehead atoms. The number of nitrogens with zero attached hydrogens (tertiary/aromatic N) is 3. The van der Waals surface area contributed by atoms with E-state index in [0.29, 0.717) is 0 Å². The maximum absolute atomic E-state index is 9.73. The minimum Gasteiger partial charge on any atom is -0.394 e. The Balaban J connectivity index is 1.62. The number of aliphatic hydroxyl groups is 1. The van der Waals surface area contributed by atoms with Crippen LogP contribution in [-0.4, -0.2) is 39.3 Å². The third kappa shape index (κ3) is 2.76. The Morgan fingerprint density at radius 3 is 2.95 bits per heavy atom. The maximum atomic E-state index is 9.73. The van der Waals surface area contributed by atoms with Crippen molar-refractivity contribution in [2.75, 3.05) is 19.7 Å². The molecule has 1 aliphatic rings. The van der Waals surface area contributed by atoms with Crippen molar-refractivity contribution in [1.82, 2.24) is 14.5 Å². The van der Waals surface area contributed by atoms with Gasteiger partial charge in [0.1, 0.15) is 0 Å². The first-order chi connectivity index (χ1) is 9.88. The molecule has 0 fully saturated rings. The van der Waals surface area contributed by atoms with E-state index in [4.69, 9.17) is 0 Å². The molecule has 1 aromatic heterocycles. The molecule has 2 aromatic rings. The van der Waals surface area contributed by atoms with Crippen LogP contribution in [-0.2, 0) is 13.0 Å². The van der Waals surface area contributed by atoms with Gasteiger partial charge >= 0.3 is 0 Å². The average molecular weight is 271 g/mol. The van der Waals surface area contributed by atoms with Crippen molar-refractivity contribution >= 4 is 0 Å². The zero-order valence-electron chi connectivity index (χ0n) is 11.7. The standard InChI is InChI=1S/C16H21N3O/c20-12-16-15-5-2-1-4-14(15)6-10-19(16)9-3-8-18-11-7-17-13-18/h1-2,4-5,7,11,13,16,20H,3,6,8-10,12H2. The predicted octanol–water partition coefficient (Wildman–Crippen LogP) is 1.86. The highest BCUT2D eigenvalue weighted by Crippen LogP contribution is 2.29. The number of aryl methyl sites for hydroxylation is 1. The fraction of sp³-hybridized carbons (Fsp3) is 0.438. The molecule has 0 saturated carbocycles. The van der Waals surface area contributed by atoms with Crippen molar-refractivity contribution in [2.24, 2.45) is 0 Å². The highest BCUT2D eigenvalue weighted by molar-refractivity contribution is 5.32. The predicted molar refractivity (Wildman–Crippen MR) is 78.4 cm³/mol. The van der Waals surface area contributed by atoms with Crippen molar-refractivity contribution in [1.29, 1.82) is 0 Å². The van der Waals surface area contributed by atoms with Crippen molar-refractivity contribution in [3.05, 3.63) is 54.1 Å². The number of imidazole rings is 1. The molecular weight excluding hydrogens is 250 g/mol. The molecule has 1 N–H and O–H groups in total. The first-order valence-corrected chi connectivity index (χ1v) is 7.27. The molecule has 0 amide bonds. The van der Waals surface area contributed by atoms with Crippen LogP contribution in [0.4, 0.5) is 0 Å². The van der Waals surface area contributed by atoms with E-state index in [1.54, 1.807) is 0 Å². The van der Waals surface area contributed by atoms with E-state index in [-0.39, 0.29) is 12.6 Å².